The van der Waals surface area contributed by atoms with E-state index >= 15 is 0 Å². The summed E-state index contributed by atoms with van der Waals surface area (Å²) in [4.78, 5) is 31.1. The van der Waals surface area contributed by atoms with E-state index in [1.54, 1.807) is 17.8 Å². The zero-order valence-corrected chi connectivity index (χ0v) is 25.1. The Morgan fingerprint density at radius 1 is 0.857 bits per heavy atom. The van der Waals surface area contributed by atoms with Gasteiger partial charge in [-0.1, -0.05) is 90.5 Å². The van der Waals surface area contributed by atoms with Gasteiger partial charge >= 0.3 is 6.03 Å². The molecule has 1 heterocycles. The van der Waals surface area contributed by atoms with E-state index in [1.807, 2.05) is 109 Å². The normalized spacial score (nSPS) is 17.6. The molecule has 1 aliphatic carbocycles. The number of hydrogen-bond acceptors (Lipinski definition) is 4. The number of nitrogens with one attached hydrogen (secondary N) is 2. The number of thioether (sulfide) groups is 2. The summed E-state index contributed by atoms with van der Waals surface area (Å²) in [6, 6.07) is 30.5. The molecule has 0 spiro atoms. The van der Waals surface area contributed by atoms with E-state index in [1.165, 1.54) is 11.8 Å². The molecule has 0 saturated carbocycles. The van der Waals surface area contributed by atoms with Crippen LogP contribution in [0.15, 0.2) is 131 Å². The lowest BCUT2D eigenvalue weighted by Gasteiger charge is -2.40. The summed E-state index contributed by atoms with van der Waals surface area (Å²) in [5.41, 5.74) is 4.01. The van der Waals surface area contributed by atoms with E-state index in [0.29, 0.717) is 16.4 Å². The molecule has 6 rings (SSSR count). The van der Waals surface area contributed by atoms with Gasteiger partial charge in [0.15, 0.2) is 0 Å². The molecule has 3 unspecified atom stereocenters. The Bertz CT molecular complexity index is 1690. The van der Waals surface area contributed by atoms with Crippen LogP contribution in [-0.4, -0.2) is 23.2 Å². The molecule has 42 heavy (non-hydrogen) atoms. The van der Waals surface area contributed by atoms with Gasteiger partial charge in [-0.2, -0.15) is 0 Å². The average molecular weight is 610 g/mol. The topological polar surface area (TPSA) is 61.4 Å². The third kappa shape index (κ3) is 6.14. The Morgan fingerprint density at radius 2 is 1.62 bits per heavy atom. The fraction of sp³-hybridized carbons (Fsp3) is 0.118. The lowest BCUT2D eigenvalue weighted by atomic mass is 10.1. The molecule has 0 saturated heterocycles. The number of benzene rings is 4. The lowest BCUT2D eigenvalue weighted by Crippen LogP contribution is -2.49. The van der Waals surface area contributed by atoms with E-state index < -0.39 is 5.25 Å². The second-order valence-corrected chi connectivity index (χ2v) is 12.8. The number of halogens is 1. The maximum Gasteiger partial charge on any atom is 0.326 e. The van der Waals surface area contributed by atoms with Crippen molar-refractivity contribution in [2.45, 2.75) is 33.3 Å². The van der Waals surface area contributed by atoms with Crippen LogP contribution in [0.1, 0.15) is 16.4 Å². The Morgan fingerprint density at radius 3 is 2.45 bits per heavy atom. The number of aryl methyl sites for hydroxylation is 1. The Hall–Kier alpha value is -3.91. The Kier molecular flexibility index (Phi) is 8.42. The summed E-state index contributed by atoms with van der Waals surface area (Å²) in [6.45, 7) is 1.92. The van der Waals surface area contributed by atoms with E-state index in [4.69, 9.17) is 11.6 Å². The predicted molar refractivity (Wildman–Crippen MR) is 176 cm³/mol. The summed E-state index contributed by atoms with van der Waals surface area (Å²) in [5.74, 6) is -0.161. The standard InChI is InChI=1S/C34H28ClN3O2S2/c1-22-18-19-25(21-27(22)35)36-33(39)32(23-10-3-2-4-11-23)41-26-13-9-12-24(20-26)37-34(40)38-28-14-5-7-16-30(28)42-31-17-8-6-15-29(31)38/h2-21,28,30,32H,1H3,(H,36,39)(H,37,40). The number of rotatable bonds is 6. The highest BCUT2D eigenvalue weighted by Crippen LogP contribution is 2.44. The summed E-state index contributed by atoms with van der Waals surface area (Å²) in [6.07, 6.45) is 8.24. The van der Waals surface area contributed by atoms with Crippen LogP contribution in [0, 0.1) is 6.92 Å². The molecule has 210 valence electrons. The van der Waals surface area contributed by atoms with Crippen LogP contribution in [0.3, 0.4) is 0 Å². The average Bonchev–Trinajstić information content (AvgIpc) is 3.01. The van der Waals surface area contributed by atoms with E-state index in [0.717, 1.165) is 26.6 Å². The molecular formula is C34H28ClN3O2S2. The molecule has 3 atom stereocenters. The smallest absolute Gasteiger partial charge is 0.325 e. The summed E-state index contributed by atoms with van der Waals surface area (Å²) >= 11 is 9.50. The number of para-hydroxylation sites is 1. The first-order valence-corrected chi connectivity index (χ1v) is 15.7. The monoisotopic (exact) mass is 609 g/mol. The van der Waals surface area contributed by atoms with Crippen LogP contribution in [0.4, 0.5) is 21.9 Å². The van der Waals surface area contributed by atoms with Crippen molar-refractivity contribution < 1.29 is 9.59 Å². The number of hydrogen-bond donors (Lipinski definition) is 2. The number of anilines is 3. The molecule has 8 heteroatoms. The Balaban J connectivity index is 1.23. The lowest BCUT2D eigenvalue weighted by molar-refractivity contribution is -0.115. The number of carbonyl (C=O) groups is 2. The van der Waals surface area contributed by atoms with Crippen molar-refractivity contribution in [2.24, 2.45) is 0 Å². The number of fused-ring (bicyclic) bond motifs is 2. The molecule has 1 aliphatic heterocycles. The van der Waals surface area contributed by atoms with Crippen molar-refractivity contribution in [1.82, 2.24) is 0 Å². The van der Waals surface area contributed by atoms with Gasteiger partial charge in [0.1, 0.15) is 5.25 Å². The highest BCUT2D eigenvalue weighted by Gasteiger charge is 2.36. The maximum absolute atomic E-state index is 13.8. The summed E-state index contributed by atoms with van der Waals surface area (Å²) < 4.78 is 0. The molecule has 5 nitrogen and oxygen atoms in total. The van der Waals surface area contributed by atoms with Gasteiger partial charge in [-0.3, -0.25) is 9.69 Å². The van der Waals surface area contributed by atoms with Gasteiger partial charge in [0.2, 0.25) is 5.91 Å². The van der Waals surface area contributed by atoms with Gasteiger partial charge in [-0.25, -0.2) is 4.79 Å². The minimum Gasteiger partial charge on any atom is -0.325 e. The minimum atomic E-state index is -0.525. The molecule has 2 aliphatic rings. The molecule has 4 aromatic carbocycles. The quantitative estimate of drug-likeness (QED) is 0.214. The summed E-state index contributed by atoms with van der Waals surface area (Å²) in [5, 5.41) is 6.35. The maximum atomic E-state index is 13.8. The fourth-order valence-corrected chi connectivity index (χ4v) is 7.49. The molecule has 3 amide bonds. The van der Waals surface area contributed by atoms with Crippen LogP contribution >= 0.6 is 35.1 Å². The van der Waals surface area contributed by atoms with Crippen LogP contribution in [0.25, 0.3) is 0 Å². The van der Waals surface area contributed by atoms with Crippen LogP contribution in [0.2, 0.25) is 5.02 Å². The van der Waals surface area contributed by atoms with Gasteiger partial charge in [-0.05, 0) is 60.5 Å². The van der Waals surface area contributed by atoms with Crippen LogP contribution < -0.4 is 15.5 Å². The first-order valence-electron chi connectivity index (χ1n) is 13.6. The van der Waals surface area contributed by atoms with Gasteiger partial charge in [-0.15, -0.1) is 23.5 Å². The van der Waals surface area contributed by atoms with Crippen molar-refractivity contribution in [3.63, 3.8) is 0 Å². The van der Waals surface area contributed by atoms with Crippen molar-refractivity contribution in [1.29, 1.82) is 0 Å². The second-order valence-electron chi connectivity index (χ2n) is 10.0. The van der Waals surface area contributed by atoms with Gasteiger partial charge < -0.3 is 10.6 Å². The summed E-state index contributed by atoms with van der Waals surface area (Å²) in [7, 11) is 0. The molecule has 0 radical (unpaired) electrons. The van der Waals surface area contributed by atoms with Crippen molar-refractivity contribution >= 4 is 64.1 Å². The Labute approximate surface area is 259 Å². The number of allylic oxidation sites excluding steroid dienone is 2. The van der Waals surface area contributed by atoms with Crippen molar-refractivity contribution in [2.75, 3.05) is 15.5 Å². The molecule has 0 bridgehead atoms. The molecule has 0 aromatic heterocycles. The van der Waals surface area contributed by atoms with Gasteiger partial charge in [0, 0.05) is 26.2 Å². The minimum absolute atomic E-state index is 0.0890. The number of carbonyl (C=O) groups excluding carboxylic acids is 2. The van der Waals surface area contributed by atoms with Gasteiger partial charge in [0.05, 0.1) is 17.0 Å². The predicted octanol–water partition coefficient (Wildman–Crippen LogP) is 9.13. The zero-order chi connectivity index (χ0) is 29.1. The number of amides is 3. The molecule has 0 fully saturated rings. The van der Waals surface area contributed by atoms with E-state index in [-0.39, 0.29) is 23.2 Å². The van der Waals surface area contributed by atoms with Gasteiger partial charge in [0.25, 0.3) is 0 Å². The third-order valence-electron chi connectivity index (χ3n) is 7.08. The largest absolute Gasteiger partial charge is 0.326 e. The molecule has 2 N–H and O–H groups in total. The van der Waals surface area contributed by atoms with Crippen molar-refractivity contribution in [3.05, 3.63) is 138 Å². The zero-order valence-electron chi connectivity index (χ0n) is 22.7. The van der Waals surface area contributed by atoms with E-state index in [2.05, 4.69) is 28.9 Å². The first kappa shape index (κ1) is 28.2. The van der Waals surface area contributed by atoms with Crippen molar-refractivity contribution in [3.8, 4) is 0 Å². The number of nitrogens with zero attached hydrogens (tertiary/aromatic N) is 1. The SMILES string of the molecule is Cc1ccc(NC(=O)C(Sc2cccc(NC(=O)N3c4ccccc4SC4C=CC=CC43)c2)c2ccccc2)cc1Cl. The van der Waals surface area contributed by atoms with Crippen LogP contribution in [-0.2, 0) is 4.79 Å². The molecule has 4 aromatic rings. The third-order valence-corrected chi connectivity index (χ3v) is 10.0. The number of urea groups is 1. The molecular weight excluding hydrogens is 582 g/mol. The van der Waals surface area contributed by atoms with Crippen LogP contribution in [0.5, 0.6) is 0 Å². The van der Waals surface area contributed by atoms with E-state index in [9.17, 15) is 9.59 Å². The first-order chi connectivity index (χ1) is 20.5. The fourth-order valence-electron chi connectivity index (χ4n) is 4.97. The highest BCUT2D eigenvalue weighted by molar-refractivity contribution is 8.00. The highest BCUT2D eigenvalue weighted by atomic mass is 35.5. The second kappa shape index (κ2) is 12.5.